The molecular weight excluding hydrogens is 374 g/mol. The lowest BCUT2D eigenvalue weighted by atomic mass is 10.2. The molecule has 0 radical (unpaired) electrons. The number of rotatable bonds is 7. The third-order valence-electron chi connectivity index (χ3n) is 4.07. The number of nitrogens with one attached hydrogen (secondary N) is 3. The zero-order valence-electron chi connectivity index (χ0n) is 16.0. The Bertz CT molecular complexity index is 969. The van der Waals surface area contributed by atoms with Gasteiger partial charge in [-0.25, -0.2) is 19.9 Å². The third kappa shape index (κ3) is 4.89. The predicted octanol–water partition coefficient (Wildman–Crippen LogP) is 0.234. The standard InChI is InChI=1S/C18H21N9O2/c1-20-7-12(14(19)17(28)21-2)26-18(29)15-13(25-11-5-22-9-23-6-11)8-24-16(27-15)10-3-4-10/h5-10,25H,3-4,19H2,1-2H3,(H,21,28)(H,26,29). The van der Waals surface area contributed by atoms with Crippen molar-refractivity contribution in [3.05, 3.63) is 47.8 Å². The van der Waals surface area contributed by atoms with Gasteiger partial charge in [0.1, 0.15) is 17.8 Å². The molecule has 1 aliphatic rings. The third-order valence-corrected chi connectivity index (χ3v) is 4.07. The van der Waals surface area contributed by atoms with Gasteiger partial charge in [-0.2, -0.15) is 0 Å². The molecular formula is C18H21N9O2. The van der Waals surface area contributed by atoms with E-state index in [2.05, 4.69) is 40.9 Å². The molecule has 0 saturated heterocycles. The van der Waals surface area contributed by atoms with Crippen molar-refractivity contribution in [2.24, 2.45) is 10.7 Å². The molecule has 29 heavy (non-hydrogen) atoms. The number of carbonyl (C=O) groups excluding carboxylic acids is 2. The van der Waals surface area contributed by atoms with Gasteiger partial charge in [-0.05, 0) is 12.8 Å². The molecule has 1 fully saturated rings. The highest BCUT2D eigenvalue weighted by molar-refractivity contribution is 6.05. The summed E-state index contributed by atoms with van der Waals surface area (Å²) in [4.78, 5) is 45.3. The molecule has 0 spiro atoms. The molecule has 2 heterocycles. The van der Waals surface area contributed by atoms with Crippen molar-refractivity contribution in [1.82, 2.24) is 30.6 Å². The van der Waals surface area contributed by atoms with Crippen LogP contribution in [0.3, 0.4) is 0 Å². The van der Waals surface area contributed by atoms with Crippen LogP contribution in [0.2, 0.25) is 0 Å². The Morgan fingerprint density at radius 1 is 1.24 bits per heavy atom. The Kier molecular flexibility index (Phi) is 6.07. The number of carbonyl (C=O) groups is 2. The molecule has 150 valence electrons. The van der Waals surface area contributed by atoms with Crippen LogP contribution in [-0.4, -0.2) is 52.1 Å². The molecule has 11 nitrogen and oxygen atoms in total. The predicted molar refractivity (Wildman–Crippen MR) is 106 cm³/mol. The number of aromatic nitrogens is 4. The van der Waals surface area contributed by atoms with Crippen molar-refractivity contribution < 1.29 is 9.59 Å². The average molecular weight is 395 g/mol. The molecule has 11 heteroatoms. The van der Waals surface area contributed by atoms with Crippen molar-refractivity contribution in [2.75, 3.05) is 19.4 Å². The molecule has 0 unspecified atom stereocenters. The molecule has 0 aromatic carbocycles. The Balaban J connectivity index is 1.95. The molecule has 5 N–H and O–H groups in total. The molecule has 2 aromatic heterocycles. The van der Waals surface area contributed by atoms with E-state index in [9.17, 15) is 9.59 Å². The van der Waals surface area contributed by atoms with Crippen LogP contribution in [0.15, 0.2) is 41.3 Å². The van der Waals surface area contributed by atoms with Crippen LogP contribution in [0.1, 0.15) is 35.1 Å². The van der Waals surface area contributed by atoms with Crippen LogP contribution in [0, 0.1) is 0 Å². The topological polar surface area (TPSA) is 160 Å². The fourth-order valence-corrected chi connectivity index (χ4v) is 2.45. The molecule has 0 bridgehead atoms. The number of allylic oxidation sites excluding steroid dienone is 1. The van der Waals surface area contributed by atoms with Crippen LogP contribution in [0.4, 0.5) is 11.4 Å². The second-order valence-corrected chi connectivity index (χ2v) is 6.26. The maximum atomic E-state index is 13.0. The maximum Gasteiger partial charge on any atom is 0.276 e. The van der Waals surface area contributed by atoms with Crippen molar-refractivity contribution in [1.29, 1.82) is 0 Å². The Labute approximate surface area is 167 Å². The zero-order chi connectivity index (χ0) is 20.8. The van der Waals surface area contributed by atoms with Gasteiger partial charge in [0.05, 0.1) is 35.7 Å². The van der Waals surface area contributed by atoms with Gasteiger partial charge in [0, 0.05) is 26.2 Å². The van der Waals surface area contributed by atoms with Crippen LogP contribution >= 0.6 is 0 Å². The highest BCUT2D eigenvalue weighted by Gasteiger charge is 2.28. The number of nitrogens with zero attached hydrogens (tertiary/aromatic N) is 5. The number of hydrogen-bond acceptors (Lipinski definition) is 9. The summed E-state index contributed by atoms with van der Waals surface area (Å²) in [7, 11) is 2.94. The van der Waals surface area contributed by atoms with Crippen LogP contribution in [0.25, 0.3) is 0 Å². The lowest BCUT2D eigenvalue weighted by Gasteiger charge is -2.13. The molecule has 1 aliphatic carbocycles. The number of amides is 2. The van der Waals surface area contributed by atoms with Crippen LogP contribution in [0.5, 0.6) is 0 Å². The lowest BCUT2D eigenvalue weighted by Crippen LogP contribution is -2.33. The summed E-state index contributed by atoms with van der Waals surface area (Å²) in [6.45, 7) is 0. The Hall–Kier alpha value is -3.89. The summed E-state index contributed by atoms with van der Waals surface area (Å²) in [5.74, 6) is -0.255. The van der Waals surface area contributed by atoms with Gasteiger partial charge in [0.25, 0.3) is 11.8 Å². The highest BCUT2D eigenvalue weighted by Crippen LogP contribution is 2.38. The van der Waals surface area contributed by atoms with Gasteiger partial charge in [0.15, 0.2) is 5.69 Å². The zero-order valence-corrected chi connectivity index (χ0v) is 16.0. The monoisotopic (exact) mass is 395 g/mol. The first kappa shape index (κ1) is 19.9. The largest absolute Gasteiger partial charge is 0.393 e. The summed E-state index contributed by atoms with van der Waals surface area (Å²) in [5.41, 5.74) is 6.77. The van der Waals surface area contributed by atoms with Gasteiger partial charge in [-0.15, -0.1) is 0 Å². The Morgan fingerprint density at radius 3 is 2.59 bits per heavy atom. The second kappa shape index (κ2) is 8.87. The first-order valence-electron chi connectivity index (χ1n) is 8.87. The van der Waals surface area contributed by atoms with Gasteiger partial charge in [-0.1, -0.05) is 0 Å². The maximum absolute atomic E-state index is 13.0. The first-order valence-corrected chi connectivity index (χ1v) is 8.87. The van der Waals surface area contributed by atoms with Crippen molar-refractivity contribution >= 4 is 29.4 Å². The number of likely N-dealkylation sites (N-methyl/N-ethyl adjacent to an activating group) is 1. The van der Waals surface area contributed by atoms with E-state index >= 15 is 0 Å². The summed E-state index contributed by atoms with van der Waals surface area (Å²) < 4.78 is 0. The van der Waals surface area contributed by atoms with E-state index in [1.165, 1.54) is 26.6 Å². The average Bonchev–Trinajstić information content (AvgIpc) is 3.58. The minimum atomic E-state index is -0.560. The molecule has 1 saturated carbocycles. The van der Waals surface area contributed by atoms with Crippen molar-refractivity contribution in [2.45, 2.75) is 18.8 Å². The fraction of sp³-hybridized carbons (Fsp3) is 0.278. The summed E-state index contributed by atoms with van der Waals surface area (Å²) in [5, 5.41) is 8.05. The molecule has 2 aromatic rings. The van der Waals surface area contributed by atoms with Gasteiger partial charge in [0.2, 0.25) is 0 Å². The number of anilines is 2. The van der Waals surface area contributed by atoms with E-state index in [1.807, 2.05) is 0 Å². The summed E-state index contributed by atoms with van der Waals surface area (Å²) in [6, 6.07) is 0. The molecule has 0 atom stereocenters. The van der Waals surface area contributed by atoms with E-state index in [1.54, 1.807) is 18.6 Å². The first-order chi connectivity index (χ1) is 14.0. The van der Waals surface area contributed by atoms with Crippen LogP contribution in [-0.2, 0) is 4.79 Å². The number of nitrogens with two attached hydrogens (primary N) is 1. The smallest absolute Gasteiger partial charge is 0.276 e. The second-order valence-electron chi connectivity index (χ2n) is 6.26. The van der Waals surface area contributed by atoms with E-state index in [0.717, 1.165) is 12.8 Å². The Morgan fingerprint density at radius 2 is 1.97 bits per heavy atom. The van der Waals surface area contributed by atoms with E-state index in [0.29, 0.717) is 17.2 Å². The van der Waals surface area contributed by atoms with E-state index < -0.39 is 11.8 Å². The van der Waals surface area contributed by atoms with E-state index in [4.69, 9.17) is 5.73 Å². The lowest BCUT2D eigenvalue weighted by molar-refractivity contribution is -0.117. The quantitative estimate of drug-likeness (QED) is 0.383. The number of hydrogen-bond donors (Lipinski definition) is 4. The summed E-state index contributed by atoms with van der Waals surface area (Å²) >= 11 is 0. The minimum absolute atomic E-state index is 0.0671. The fourth-order valence-electron chi connectivity index (χ4n) is 2.45. The van der Waals surface area contributed by atoms with Gasteiger partial charge < -0.3 is 21.7 Å². The van der Waals surface area contributed by atoms with Crippen molar-refractivity contribution in [3.63, 3.8) is 0 Å². The van der Waals surface area contributed by atoms with Gasteiger partial charge >= 0.3 is 0 Å². The minimum Gasteiger partial charge on any atom is -0.393 e. The molecule has 3 rings (SSSR count). The van der Waals surface area contributed by atoms with E-state index in [-0.39, 0.29) is 23.0 Å². The SMILES string of the molecule is CN=CC(NC(=O)c1nc(C2CC2)ncc1Nc1cncnc1)=C(N)C(=O)NC. The van der Waals surface area contributed by atoms with Crippen molar-refractivity contribution in [3.8, 4) is 0 Å². The molecule has 0 aliphatic heterocycles. The summed E-state index contributed by atoms with van der Waals surface area (Å²) in [6.07, 6.45) is 9.32. The highest BCUT2D eigenvalue weighted by atomic mass is 16.2. The van der Waals surface area contributed by atoms with Gasteiger partial charge in [-0.3, -0.25) is 14.6 Å². The molecule has 2 amide bonds. The number of aliphatic imine (C=N–C) groups is 1. The van der Waals surface area contributed by atoms with Crippen LogP contribution < -0.4 is 21.7 Å². The normalized spacial score (nSPS) is 14.3.